The number of hydrogen-bond acceptors (Lipinski definition) is 5. The number of halogens is 4. The lowest BCUT2D eigenvalue weighted by molar-refractivity contribution is -0.140. The zero-order valence-electron chi connectivity index (χ0n) is 16.2. The lowest BCUT2D eigenvalue weighted by atomic mass is 10.1. The molecule has 0 radical (unpaired) electrons. The van der Waals surface area contributed by atoms with Crippen LogP contribution in [0.4, 0.5) is 19.0 Å². The third kappa shape index (κ3) is 6.69. The molecule has 0 amide bonds. The third-order valence-corrected chi connectivity index (χ3v) is 5.38. The number of alkyl halides is 3. The number of anilines is 1. The Morgan fingerprint density at radius 2 is 2.03 bits per heavy atom. The fourth-order valence-corrected chi connectivity index (χ4v) is 3.71. The Morgan fingerprint density at radius 1 is 1.31 bits per heavy atom. The number of nitrogens with one attached hydrogen (secondary N) is 2. The molecule has 6 nitrogen and oxygen atoms in total. The number of piperidine rings is 1. The summed E-state index contributed by atoms with van der Waals surface area (Å²) in [6.07, 6.45) is -0.694. The van der Waals surface area contributed by atoms with E-state index in [9.17, 15) is 13.2 Å². The first-order valence-electron chi connectivity index (χ1n) is 9.01. The van der Waals surface area contributed by atoms with Gasteiger partial charge < -0.3 is 15.5 Å². The lowest BCUT2D eigenvalue weighted by Crippen LogP contribution is -2.48. The normalized spacial score (nSPS) is 15.8. The monoisotopic (exact) mass is 540 g/mol. The standard InChI is InChI=1S/C18H23F3N6S.HI/c1-12-3-4-15(23-9-12)27-7-5-13(6-8-27)25-17(22-2)24-10-16-26-14(11-28-16)18(19,20)21;/h3-4,9,11,13H,5-8,10H2,1-2H3,(H2,22,24,25);1H. The third-order valence-electron chi connectivity index (χ3n) is 4.53. The van der Waals surface area contributed by atoms with Gasteiger partial charge in [0.25, 0.3) is 0 Å². The van der Waals surface area contributed by atoms with E-state index in [1.165, 1.54) is 0 Å². The number of aromatic nitrogens is 2. The van der Waals surface area contributed by atoms with Crippen molar-refractivity contribution in [1.82, 2.24) is 20.6 Å². The smallest absolute Gasteiger partial charge is 0.356 e. The van der Waals surface area contributed by atoms with Gasteiger partial charge in [-0.05, 0) is 31.4 Å². The highest BCUT2D eigenvalue weighted by atomic mass is 127. The van der Waals surface area contributed by atoms with Crippen LogP contribution < -0.4 is 15.5 Å². The molecule has 0 atom stereocenters. The average molecular weight is 540 g/mol. The van der Waals surface area contributed by atoms with Gasteiger partial charge in [0.15, 0.2) is 11.7 Å². The van der Waals surface area contributed by atoms with Gasteiger partial charge >= 0.3 is 6.18 Å². The second-order valence-corrected chi connectivity index (χ2v) is 7.59. The highest BCUT2D eigenvalue weighted by molar-refractivity contribution is 14.0. The van der Waals surface area contributed by atoms with Crippen molar-refractivity contribution in [2.24, 2.45) is 4.99 Å². The molecular formula is C18H24F3IN6S. The summed E-state index contributed by atoms with van der Waals surface area (Å²) in [6.45, 7) is 3.98. The number of aryl methyl sites for hydroxylation is 1. The van der Waals surface area contributed by atoms with E-state index in [4.69, 9.17) is 0 Å². The van der Waals surface area contributed by atoms with E-state index in [-0.39, 0.29) is 36.6 Å². The maximum atomic E-state index is 12.6. The average Bonchev–Trinajstić information content (AvgIpc) is 3.16. The van der Waals surface area contributed by atoms with Crippen LogP contribution in [0.3, 0.4) is 0 Å². The van der Waals surface area contributed by atoms with Crippen LogP contribution in [0.25, 0.3) is 0 Å². The van der Waals surface area contributed by atoms with Crippen molar-refractivity contribution >= 4 is 47.1 Å². The largest absolute Gasteiger partial charge is 0.434 e. The van der Waals surface area contributed by atoms with Gasteiger partial charge in [0.05, 0.1) is 6.54 Å². The van der Waals surface area contributed by atoms with Gasteiger partial charge in [-0.25, -0.2) is 9.97 Å². The van der Waals surface area contributed by atoms with Crippen LogP contribution in [0.15, 0.2) is 28.7 Å². The summed E-state index contributed by atoms with van der Waals surface area (Å²) in [5, 5.41) is 7.78. The quantitative estimate of drug-likeness (QED) is 0.351. The predicted octanol–water partition coefficient (Wildman–Crippen LogP) is 3.82. The molecule has 0 bridgehead atoms. The molecule has 1 aliphatic heterocycles. The zero-order valence-corrected chi connectivity index (χ0v) is 19.3. The summed E-state index contributed by atoms with van der Waals surface area (Å²) in [5.41, 5.74) is 0.284. The Kier molecular flexibility index (Phi) is 8.49. The number of guanidine groups is 1. The van der Waals surface area contributed by atoms with Crippen molar-refractivity contribution in [3.8, 4) is 0 Å². The van der Waals surface area contributed by atoms with Gasteiger partial charge in [-0.1, -0.05) is 6.07 Å². The molecule has 0 unspecified atom stereocenters. The molecule has 3 rings (SSSR count). The SMILES string of the molecule is CN=C(NCc1nc(C(F)(F)F)cs1)NC1CCN(c2ccc(C)cn2)CC1.I. The van der Waals surface area contributed by atoms with Crippen LogP contribution in [-0.4, -0.2) is 42.1 Å². The summed E-state index contributed by atoms with van der Waals surface area (Å²) >= 11 is 0.984. The Hall–Kier alpha value is -1.63. The fraction of sp³-hybridized carbons (Fsp3) is 0.500. The van der Waals surface area contributed by atoms with Crippen LogP contribution in [0.1, 0.15) is 29.1 Å². The van der Waals surface area contributed by atoms with Crippen molar-refractivity contribution in [3.05, 3.63) is 40.0 Å². The molecule has 0 spiro atoms. The first-order chi connectivity index (χ1) is 13.3. The number of pyridine rings is 1. The van der Waals surface area contributed by atoms with Gasteiger partial charge in [-0.2, -0.15) is 13.2 Å². The molecular weight excluding hydrogens is 516 g/mol. The van der Waals surface area contributed by atoms with Gasteiger partial charge in [-0.15, -0.1) is 35.3 Å². The molecule has 3 heterocycles. The topological polar surface area (TPSA) is 65.4 Å². The Morgan fingerprint density at radius 3 is 2.59 bits per heavy atom. The molecule has 0 aromatic carbocycles. The van der Waals surface area contributed by atoms with Gasteiger partial charge in [0, 0.05) is 37.8 Å². The fourth-order valence-electron chi connectivity index (χ4n) is 2.97. The van der Waals surface area contributed by atoms with Crippen LogP contribution in [0, 0.1) is 6.92 Å². The van der Waals surface area contributed by atoms with Gasteiger partial charge in [-0.3, -0.25) is 4.99 Å². The molecule has 11 heteroatoms. The van der Waals surface area contributed by atoms with E-state index >= 15 is 0 Å². The van der Waals surface area contributed by atoms with Crippen molar-refractivity contribution < 1.29 is 13.2 Å². The minimum Gasteiger partial charge on any atom is -0.356 e. The number of aliphatic imine (C=N–C) groups is 1. The maximum Gasteiger partial charge on any atom is 0.434 e. The molecule has 2 N–H and O–H groups in total. The molecule has 1 aliphatic rings. The first kappa shape index (κ1) is 23.6. The van der Waals surface area contributed by atoms with Crippen LogP contribution in [0.5, 0.6) is 0 Å². The highest BCUT2D eigenvalue weighted by Gasteiger charge is 2.33. The molecule has 2 aromatic heterocycles. The maximum absolute atomic E-state index is 12.6. The molecule has 0 saturated carbocycles. The van der Waals surface area contributed by atoms with Crippen LogP contribution in [0.2, 0.25) is 0 Å². The Balaban J connectivity index is 0.00000300. The van der Waals surface area contributed by atoms with E-state index in [0.29, 0.717) is 11.0 Å². The van der Waals surface area contributed by atoms with Crippen molar-refractivity contribution in [2.75, 3.05) is 25.0 Å². The lowest BCUT2D eigenvalue weighted by Gasteiger charge is -2.33. The molecule has 1 saturated heterocycles. The van der Waals surface area contributed by atoms with Gasteiger partial charge in [0.2, 0.25) is 0 Å². The number of nitrogens with zero attached hydrogens (tertiary/aromatic N) is 4. The number of thiazole rings is 1. The highest BCUT2D eigenvalue weighted by Crippen LogP contribution is 2.29. The molecule has 29 heavy (non-hydrogen) atoms. The number of rotatable bonds is 4. The molecule has 0 aliphatic carbocycles. The van der Waals surface area contributed by atoms with Crippen molar-refractivity contribution in [3.63, 3.8) is 0 Å². The zero-order chi connectivity index (χ0) is 20.1. The summed E-state index contributed by atoms with van der Waals surface area (Å²) in [4.78, 5) is 14.5. The molecule has 160 valence electrons. The van der Waals surface area contributed by atoms with Crippen molar-refractivity contribution in [1.29, 1.82) is 0 Å². The summed E-state index contributed by atoms with van der Waals surface area (Å²) in [7, 11) is 1.64. The van der Waals surface area contributed by atoms with E-state index in [0.717, 1.165) is 54.0 Å². The predicted molar refractivity (Wildman–Crippen MR) is 120 cm³/mol. The van der Waals surface area contributed by atoms with Crippen LogP contribution in [-0.2, 0) is 12.7 Å². The van der Waals surface area contributed by atoms with Crippen LogP contribution >= 0.6 is 35.3 Å². The number of hydrogen-bond donors (Lipinski definition) is 2. The minimum absolute atomic E-state index is 0. The van der Waals surface area contributed by atoms with E-state index in [2.05, 4.69) is 36.6 Å². The Bertz CT molecular complexity index is 801. The first-order valence-corrected chi connectivity index (χ1v) is 9.89. The van der Waals surface area contributed by atoms with Crippen molar-refractivity contribution in [2.45, 2.75) is 38.5 Å². The Labute approximate surface area is 189 Å². The molecule has 2 aromatic rings. The molecule has 1 fully saturated rings. The van der Waals surface area contributed by atoms with E-state index in [1.54, 1.807) is 7.05 Å². The van der Waals surface area contributed by atoms with E-state index < -0.39 is 11.9 Å². The summed E-state index contributed by atoms with van der Waals surface area (Å²) in [5.74, 6) is 1.55. The minimum atomic E-state index is -4.41. The van der Waals surface area contributed by atoms with Gasteiger partial charge in [0.1, 0.15) is 10.8 Å². The summed E-state index contributed by atoms with van der Waals surface area (Å²) in [6, 6.07) is 4.34. The van der Waals surface area contributed by atoms with E-state index in [1.807, 2.05) is 19.2 Å². The second-order valence-electron chi connectivity index (χ2n) is 6.65. The second kappa shape index (κ2) is 10.4. The summed E-state index contributed by atoms with van der Waals surface area (Å²) < 4.78 is 37.9.